The SMILES string of the molecule is CCCN(Cc1ccc(N)cc1)c1nc(C)ccc1C#N. The summed E-state index contributed by atoms with van der Waals surface area (Å²) < 4.78 is 0. The second-order valence-electron chi connectivity index (χ2n) is 5.10. The van der Waals surface area contributed by atoms with Gasteiger partial charge in [0.25, 0.3) is 0 Å². The second kappa shape index (κ2) is 6.76. The van der Waals surface area contributed by atoms with E-state index < -0.39 is 0 Å². The molecule has 1 heterocycles. The lowest BCUT2D eigenvalue weighted by molar-refractivity contribution is 0.751. The smallest absolute Gasteiger partial charge is 0.147 e. The van der Waals surface area contributed by atoms with Gasteiger partial charge in [-0.25, -0.2) is 4.98 Å². The van der Waals surface area contributed by atoms with Crippen LogP contribution in [-0.4, -0.2) is 11.5 Å². The lowest BCUT2D eigenvalue weighted by Gasteiger charge is -2.24. The molecule has 0 amide bonds. The number of rotatable bonds is 5. The van der Waals surface area contributed by atoms with Crippen LogP contribution in [-0.2, 0) is 6.54 Å². The number of hydrogen-bond acceptors (Lipinski definition) is 4. The average Bonchev–Trinajstić information content (AvgIpc) is 2.49. The van der Waals surface area contributed by atoms with Gasteiger partial charge >= 0.3 is 0 Å². The van der Waals surface area contributed by atoms with Crippen LogP contribution in [0.4, 0.5) is 11.5 Å². The van der Waals surface area contributed by atoms with E-state index >= 15 is 0 Å². The van der Waals surface area contributed by atoms with Crippen molar-refractivity contribution in [3.63, 3.8) is 0 Å². The van der Waals surface area contributed by atoms with E-state index in [1.54, 1.807) is 0 Å². The molecular formula is C17H20N4. The van der Waals surface area contributed by atoms with Crippen LogP contribution in [0.15, 0.2) is 36.4 Å². The van der Waals surface area contributed by atoms with Gasteiger partial charge in [-0.1, -0.05) is 19.1 Å². The minimum Gasteiger partial charge on any atom is -0.399 e. The summed E-state index contributed by atoms with van der Waals surface area (Å²) in [6, 6.07) is 13.8. The molecule has 0 aliphatic carbocycles. The Bertz CT molecular complexity index is 641. The van der Waals surface area contributed by atoms with E-state index in [2.05, 4.69) is 22.9 Å². The standard InChI is InChI=1S/C17H20N4/c1-3-10-21(12-14-5-8-16(19)9-6-14)17-15(11-18)7-4-13(2)20-17/h4-9H,3,10,12,19H2,1-2H3. The maximum absolute atomic E-state index is 9.30. The van der Waals surface area contributed by atoms with Crippen LogP contribution in [0.5, 0.6) is 0 Å². The van der Waals surface area contributed by atoms with Gasteiger partial charge in [-0.3, -0.25) is 0 Å². The summed E-state index contributed by atoms with van der Waals surface area (Å²) in [5, 5.41) is 9.30. The van der Waals surface area contributed by atoms with Crippen molar-refractivity contribution < 1.29 is 0 Å². The maximum atomic E-state index is 9.30. The number of nitrogen functional groups attached to an aromatic ring is 1. The Labute approximate surface area is 125 Å². The third-order valence-corrected chi connectivity index (χ3v) is 3.28. The Kier molecular flexibility index (Phi) is 4.78. The van der Waals surface area contributed by atoms with Gasteiger partial charge in [0.2, 0.25) is 0 Å². The molecule has 0 radical (unpaired) electrons. The van der Waals surface area contributed by atoms with Gasteiger partial charge in [0, 0.05) is 24.5 Å². The molecule has 2 N–H and O–H groups in total. The average molecular weight is 280 g/mol. The van der Waals surface area contributed by atoms with E-state index in [0.717, 1.165) is 42.3 Å². The van der Waals surface area contributed by atoms with Crippen molar-refractivity contribution in [2.75, 3.05) is 17.2 Å². The van der Waals surface area contributed by atoms with Gasteiger partial charge in [-0.2, -0.15) is 5.26 Å². The van der Waals surface area contributed by atoms with Gasteiger partial charge in [-0.05, 0) is 43.2 Å². The summed E-state index contributed by atoms with van der Waals surface area (Å²) in [4.78, 5) is 6.71. The molecule has 0 saturated heterocycles. The monoisotopic (exact) mass is 280 g/mol. The van der Waals surface area contributed by atoms with Crippen molar-refractivity contribution in [3.05, 3.63) is 53.2 Å². The Morgan fingerprint density at radius 2 is 1.90 bits per heavy atom. The number of nitrogens with two attached hydrogens (primary N) is 1. The van der Waals surface area contributed by atoms with Crippen LogP contribution in [0.3, 0.4) is 0 Å². The first-order valence-corrected chi connectivity index (χ1v) is 7.11. The molecule has 2 aromatic rings. The van der Waals surface area contributed by atoms with Crippen LogP contribution in [0.1, 0.15) is 30.2 Å². The van der Waals surface area contributed by atoms with E-state index in [1.807, 2.05) is 43.3 Å². The first kappa shape index (κ1) is 14.9. The highest BCUT2D eigenvalue weighted by molar-refractivity contribution is 5.55. The normalized spacial score (nSPS) is 10.1. The van der Waals surface area contributed by atoms with Crippen LogP contribution in [0, 0.1) is 18.3 Å². The number of aryl methyl sites for hydroxylation is 1. The predicted octanol–water partition coefficient (Wildman–Crippen LogP) is 3.26. The largest absolute Gasteiger partial charge is 0.399 e. The Hall–Kier alpha value is -2.54. The Morgan fingerprint density at radius 3 is 2.52 bits per heavy atom. The second-order valence-corrected chi connectivity index (χ2v) is 5.10. The number of nitrogens with zero attached hydrogens (tertiary/aromatic N) is 3. The molecular weight excluding hydrogens is 260 g/mol. The van der Waals surface area contributed by atoms with Crippen LogP contribution < -0.4 is 10.6 Å². The minimum absolute atomic E-state index is 0.615. The van der Waals surface area contributed by atoms with Gasteiger partial charge in [0.15, 0.2) is 0 Å². The zero-order valence-corrected chi connectivity index (χ0v) is 12.5. The number of benzene rings is 1. The van der Waals surface area contributed by atoms with Crippen LogP contribution >= 0.6 is 0 Å². The number of pyridine rings is 1. The molecule has 108 valence electrons. The number of hydrogen-bond donors (Lipinski definition) is 1. The van der Waals surface area contributed by atoms with Gasteiger partial charge in [0.05, 0.1) is 5.56 Å². The summed E-state index contributed by atoms with van der Waals surface area (Å²) in [5.74, 6) is 0.760. The van der Waals surface area contributed by atoms with Gasteiger partial charge in [-0.15, -0.1) is 0 Å². The molecule has 0 saturated carbocycles. The topological polar surface area (TPSA) is 65.9 Å². The van der Waals surface area contributed by atoms with Gasteiger partial charge in [0.1, 0.15) is 11.9 Å². The summed E-state index contributed by atoms with van der Waals surface area (Å²) in [5.41, 5.74) is 9.17. The molecule has 0 aliphatic heterocycles. The highest BCUT2D eigenvalue weighted by Crippen LogP contribution is 2.21. The molecule has 4 heteroatoms. The van der Waals surface area contributed by atoms with E-state index in [9.17, 15) is 5.26 Å². The molecule has 4 nitrogen and oxygen atoms in total. The minimum atomic E-state index is 0.615. The molecule has 0 bridgehead atoms. The Balaban J connectivity index is 2.32. The highest BCUT2D eigenvalue weighted by atomic mass is 15.2. The molecule has 0 unspecified atom stereocenters. The Morgan fingerprint density at radius 1 is 1.19 bits per heavy atom. The summed E-state index contributed by atoms with van der Waals surface area (Å²) in [6.07, 6.45) is 0.995. The van der Waals surface area contributed by atoms with Crippen molar-refractivity contribution in [1.82, 2.24) is 4.98 Å². The summed E-state index contributed by atoms with van der Waals surface area (Å²) >= 11 is 0. The lowest BCUT2D eigenvalue weighted by atomic mass is 10.1. The predicted molar refractivity (Wildman–Crippen MR) is 85.9 cm³/mol. The third-order valence-electron chi connectivity index (χ3n) is 3.28. The summed E-state index contributed by atoms with van der Waals surface area (Å²) in [6.45, 7) is 5.64. The molecule has 0 fully saturated rings. The fourth-order valence-corrected chi connectivity index (χ4v) is 2.24. The molecule has 0 aliphatic rings. The maximum Gasteiger partial charge on any atom is 0.147 e. The molecule has 0 spiro atoms. The molecule has 0 atom stereocenters. The quantitative estimate of drug-likeness (QED) is 0.854. The van der Waals surface area contributed by atoms with Crippen molar-refractivity contribution in [3.8, 4) is 6.07 Å². The van der Waals surface area contributed by atoms with Gasteiger partial charge < -0.3 is 10.6 Å². The van der Waals surface area contributed by atoms with Crippen molar-refractivity contribution >= 4 is 11.5 Å². The first-order valence-electron chi connectivity index (χ1n) is 7.11. The number of aromatic nitrogens is 1. The van der Waals surface area contributed by atoms with E-state index in [1.165, 1.54) is 0 Å². The molecule has 1 aromatic heterocycles. The zero-order valence-electron chi connectivity index (χ0n) is 12.5. The number of anilines is 2. The van der Waals surface area contributed by atoms with E-state index in [0.29, 0.717) is 5.56 Å². The fourth-order valence-electron chi connectivity index (χ4n) is 2.24. The van der Waals surface area contributed by atoms with Crippen LogP contribution in [0.25, 0.3) is 0 Å². The highest BCUT2D eigenvalue weighted by Gasteiger charge is 2.13. The zero-order chi connectivity index (χ0) is 15.2. The molecule has 21 heavy (non-hydrogen) atoms. The lowest BCUT2D eigenvalue weighted by Crippen LogP contribution is -2.25. The number of nitriles is 1. The van der Waals surface area contributed by atoms with Crippen molar-refractivity contribution in [1.29, 1.82) is 5.26 Å². The van der Waals surface area contributed by atoms with Crippen LogP contribution in [0.2, 0.25) is 0 Å². The third kappa shape index (κ3) is 3.73. The molecule has 2 rings (SSSR count). The first-order chi connectivity index (χ1) is 10.1. The van der Waals surface area contributed by atoms with E-state index in [-0.39, 0.29) is 0 Å². The van der Waals surface area contributed by atoms with E-state index in [4.69, 9.17) is 5.73 Å². The van der Waals surface area contributed by atoms with Crippen molar-refractivity contribution in [2.45, 2.75) is 26.8 Å². The van der Waals surface area contributed by atoms with Crippen molar-refractivity contribution in [2.24, 2.45) is 0 Å². The summed E-state index contributed by atoms with van der Waals surface area (Å²) in [7, 11) is 0. The molecule has 1 aromatic carbocycles. The fraction of sp³-hybridized carbons (Fsp3) is 0.294.